The van der Waals surface area contributed by atoms with Crippen molar-refractivity contribution < 1.29 is 0 Å². The van der Waals surface area contributed by atoms with Gasteiger partial charge in [0.25, 0.3) is 5.56 Å². The number of nitrogens with zero attached hydrogens (tertiary/aromatic N) is 3. The first-order valence-corrected chi connectivity index (χ1v) is 9.05. The molecule has 0 spiro atoms. The molecule has 0 saturated carbocycles. The van der Waals surface area contributed by atoms with Gasteiger partial charge in [0.2, 0.25) is 5.95 Å². The Balaban J connectivity index is 1.74. The third kappa shape index (κ3) is 3.29. The fourth-order valence-electron chi connectivity index (χ4n) is 3.11. The molecule has 2 heterocycles. The number of aromatic amines is 1. The number of aromatic nitrogens is 4. The van der Waals surface area contributed by atoms with E-state index < -0.39 is 11.2 Å². The SMILES string of the molecule is CCc1ccccc1-n1c(=O)[nH]c2nc(NCc3ccccc3)ncc2c1=O. The van der Waals surface area contributed by atoms with Gasteiger partial charge >= 0.3 is 5.69 Å². The fraction of sp³-hybridized carbons (Fsp3) is 0.143. The zero-order valence-electron chi connectivity index (χ0n) is 15.3. The average molecular weight is 373 g/mol. The Kier molecular flexibility index (Phi) is 4.72. The smallest absolute Gasteiger partial charge is 0.334 e. The van der Waals surface area contributed by atoms with Crippen LogP contribution in [-0.2, 0) is 13.0 Å². The topological polar surface area (TPSA) is 92.7 Å². The van der Waals surface area contributed by atoms with Gasteiger partial charge in [0, 0.05) is 12.7 Å². The second kappa shape index (κ2) is 7.48. The van der Waals surface area contributed by atoms with Gasteiger partial charge in [0.05, 0.1) is 5.69 Å². The van der Waals surface area contributed by atoms with Crippen LogP contribution in [0, 0.1) is 0 Å². The molecule has 0 amide bonds. The number of fused-ring (bicyclic) bond motifs is 1. The second-order valence-electron chi connectivity index (χ2n) is 6.35. The van der Waals surface area contributed by atoms with Crippen LogP contribution in [0.1, 0.15) is 18.1 Å². The Labute approximate surface area is 160 Å². The molecule has 0 radical (unpaired) electrons. The summed E-state index contributed by atoms with van der Waals surface area (Å²) >= 11 is 0. The van der Waals surface area contributed by atoms with Crippen LogP contribution in [-0.4, -0.2) is 19.5 Å². The minimum Gasteiger partial charge on any atom is -0.350 e. The normalized spacial score (nSPS) is 10.9. The number of para-hydroxylation sites is 1. The lowest BCUT2D eigenvalue weighted by Gasteiger charge is -2.11. The number of H-pyrrole nitrogens is 1. The van der Waals surface area contributed by atoms with E-state index in [2.05, 4.69) is 20.3 Å². The highest BCUT2D eigenvalue weighted by molar-refractivity contribution is 5.73. The summed E-state index contributed by atoms with van der Waals surface area (Å²) in [5, 5.41) is 3.36. The molecule has 0 saturated heterocycles. The molecule has 0 bridgehead atoms. The quantitative estimate of drug-likeness (QED) is 0.561. The number of hydrogen-bond acceptors (Lipinski definition) is 5. The third-order valence-corrected chi connectivity index (χ3v) is 4.56. The van der Waals surface area contributed by atoms with Crippen LogP contribution in [0.25, 0.3) is 16.7 Å². The maximum Gasteiger partial charge on any atom is 0.334 e. The first kappa shape index (κ1) is 17.7. The molecule has 0 atom stereocenters. The molecular weight excluding hydrogens is 354 g/mol. The van der Waals surface area contributed by atoms with E-state index in [1.54, 1.807) is 12.1 Å². The van der Waals surface area contributed by atoms with Crippen molar-refractivity contribution in [1.82, 2.24) is 19.5 Å². The summed E-state index contributed by atoms with van der Waals surface area (Å²) in [5.41, 5.74) is 1.82. The van der Waals surface area contributed by atoms with Gasteiger partial charge in [-0.15, -0.1) is 0 Å². The van der Waals surface area contributed by atoms with Crippen molar-refractivity contribution in [2.24, 2.45) is 0 Å². The van der Waals surface area contributed by atoms with Crippen LogP contribution >= 0.6 is 0 Å². The zero-order valence-corrected chi connectivity index (χ0v) is 15.3. The van der Waals surface area contributed by atoms with Crippen molar-refractivity contribution >= 4 is 17.0 Å². The van der Waals surface area contributed by atoms with Crippen molar-refractivity contribution in [1.29, 1.82) is 0 Å². The largest absolute Gasteiger partial charge is 0.350 e. The molecule has 0 fully saturated rings. The Morgan fingerprint density at radius 3 is 2.57 bits per heavy atom. The third-order valence-electron chi connectivity index (χ3n) is 4.56. The van der Waals surface area contributed by atoms with Crippen LogP contribution in [0.15, 0.2) is 70.4 Å². The Morgan fingerprint density at radius 2 is 1.79 bits per heavy atom. The molecule has 140 valence electrons. The van der Waals surface area contributed by atoms with Gasteiger partial charge in [-0.3, -0.25) is 9.78 Å². The van der Waals surface area contributed by atoms with E-state index >= 15 is 0 Å². The molecule has 4 aromatic rings. The highest BCUT2D eigenvalue weighted by atomic mass is 16.2. The van der Waals surface area contributed by atoms with Gasteiger partial charge in [-0.2, -0.15) is 4.98 Å². The predicted octanol–water partition coefficient (Wildman–Crippen LogP) is 2.64. The molecule has 0 aliphatic rings. The first-order valence-electron chi connectivity index (χ1n) is 9.05. The molecule has 2 aromatic carbocycles. The number of benzene rings is 2. The Bertz CT molecular complexity index is 1250. The molecule has 4 rings (SSSR count). The monoisotopic (exact) mass is 373 g/mol. The lowest BCUT2D eigenvalue weighted by atomic mass is 10.1. The van der Waals surface area contributed by atoms with Crippen molar-refractivity contribution in [2.75, 3.05) is 5.32 Å². The maximum absolute atomic E-state index is 13.0. The van der Waals surface area contributed by atoms with Gasteiger partial charge in [-0.05, 0) is 23.6 Å². The number of nitrogens with one attached hydrogen (secondary N) is 2. The van der Waals surface area contributed by atoms with Gasteiger partial charge in [-0.25, -0.2) is 14.3 Å². The highest BCUT2D eigenvalue weighted by Crippen LogP contribution is 2.13. The molecule has 0 aliphatic heterocycles. The van der Waals surface area contributed by atoms with Crippen molar-refractivity contribution in [3.63, 3.8) is 0 Å². The van der Waals surface area contributed by atoms with E-state index in [0.29, 0.717) is 24.6 Å². The summed E-state index contributed by atoms with van der Waals surface area (Å²) in [6.07, 6.45) is 2.15. The van der Waals surface area contributed by atoms with Gasteiger partial charge in [0.15, 0.2) is 5.65 Å². The highest BCUT2D eigenvalue weighted by Gasteiger charge is 2.13. The minimum absolute atomic E-state index is 0.214. The van der Waals surface area contributed by atoms with Crippen molar-refractivity contribution in [3.8, 4) is 5.69 Å². The zero-order chi connectivity index (χ0) is 19.5. The fourth-order valence-corrected chi connectivity index (χ4v) is 3.11. The molecule has 7 nitrogen and oxygen atoms in total. The number of anilines is 1. The summed E-state index contributed by atoms with van der Waals surface area (Å²) in [6.45, 7) is 2.52. The molecule has 28 heavy (non-hydrogen) atoms. The summed E-state index contributed by atoms with van der Waals surface area (Å²) in [7, 11) is 0. The van der Waals surface area contributed by atoms with Crippen LogP contribution in [0.4, 0.5) is 5.95 Å². The molecule has 2 N–H and O–H groups in total. The van der Waals surface area contributed by atoms with Crippen LogP contribution in [0.3, 0.4) is 0 Å². The minimum atomic E-state index is -0.522. The maximum atomic E-state index is 13.0. The van der Waals surface area contributed by atoms with E-state index in [1.165, 1.54) is 6.20 Å². The van der Waals surface area contributed by atoms with Crippen LogP contribution < -0.4 is 16.6 Å². The van der Waals surface area contributed by atoms with Gasteiger partial charge < -0.3 is 5.32 Å². The Morgan fingerprint density at radius 1 is 1.04 bits per heavy atom. The second-order valence-corrected chi connectivity index (χ2v) is 6.35. The van der Waals surface area contributed by atoms with E-state index in [4.69, 9.17) is 0 Å². The van der Waals surface area contributed by atoms with Crippen molar-refractivity contribution in [3.05, 3.63) is 92.8 Å². The molecule has 7 heteroatoms. The summed E-state index contributed by atoms with van der Waals surface area (Å²) in [5.74, 6) is 0.345. The van der Waals surface area contributed by atoms with E-state index in [9.17, 15) is 9.59 Å². The summed E-state index contributed by atoms with van der Waals surface area (Å²) < 4.78 is 1.14. The number of rotatable bonds is 5. The molecule has 0 unspecified atom stereocenters. The molecular formula is C21H19N5O2. The van der Waals surface area contributed by atoms with Gasteiger partial charge in [0.1, 0.15) is 5.39 Å². The lowest BCUT2D eigenvalue weighted by molar-refractivity contribution is 0.875. The molecule has 2 aromatic heterocycles. The number of hydrogen-bond donors (Lipinski definition) is 2. The number of aryl methyl sites for hydroxylation is 1. The standard InChI is InChI=1S/C21H19N5O2/c1-2-15-10-6-7-11-17(15)26-19(27)16-13-23-20(24-18(16)25-21(26)28)22-12-14-8-4-3-5-9-14/h3-11,13H,2,12H2,1H3,(H2,22,23,24,25,28). The van der Waals surface area contributed by atoms with E-state index in [-0.39, 0.29) is 11.0 Å². The predicted molar refractivity (Wildman–Crippen MR) is 109 cm³/mol. The summed E-state index contributed by atoms with van der Waals surface area (Å²) in [4.78, 5) is 36.8. The van der Waals surface area contributed by atoms with Gasteiger partial charge in [-0.1, -0.05) is 55.5 Å². The van der Waals surface area contributed by atoms with E-state index in [0.717, 1.165) is 15.7 Å². The van der Waals surface area contributed by atoms with Crippen molar-refractivity contribution in [2.45, 2.75) is 19.9 Å². The summed E-state index contributed by atoms with van der Waals surface area (Å²) in [6, 6.07) is 17.2. The van der Waals surface area contributed by atoms with E-state index in [1.807, 2.05) is 49.4 Å². The van der Waals surface area contributed by atoms with Crippen LogP contribution in [0.5, 0.6) is 0 Å². The molecule has 0 aliphatic carbocycles. The Hall–Kier alpha value is -3.74. The first-order chi connectivity index (χ1) is 13.7. The lowest BCUT2D eigenvalue weighted by Crippen LogP contribution is -2.34. The average Bonchev–Trinajstić information content (AvgIpc) is 2.73. The van der Waals surface area contributed by atoms with Crippen LogP contribution in [0.2, 0.25) is 0 Å².